The van der Waals surface area contributed by atoms with Crippen molar-refractivity contribution in [3.8, 4) is 5.75 Å². The van der Waals surface area contributed by atoms with E-state index in [0.29, 0.717) is 11.8 Å². The molecule has 0 aromatic heterocycles. The molecule has 3 fully saturated rings. The van der Waals surface area contributed by atoms with E-state index in [4.69, 9.17) is 23.7 Å². The molecule has 0 bridgehead atoms. The summed E-state index contributed by atoms with van der Waals surface area (Å²) in [5.41, 5.74) is -1.62. The number of ether oxygens (including phenoxy) is 5. The lowest BCUT2D eigenvalue weighted by molar-refractivity contribution is -0.384. The van der Waals surface area contributed by atoms with Gasteiger partial charge in [-0.1, -0.05) is 0 Å². The Morgan fingerprint density at radius 2 is 1.26 bits per heavy atom. The number of aliphatic hydroxyl groups is 10. The molecule has 43 heavy (non-hydrogen) atoms. The van der Waals surface area contributed by atoms with E-state index in [0.717, 1.165) is 12.1 Å². The number of rotatable bonds is 10. The van der Waals surface area contributed by atoms with Gasteiger partial charge < -0.3 is 74.7 Å². The number of nitrogens with zero attached hydrogens (tertiary/aromatic N) is 1. The lowest BCUT2D eigenvalue weighted by atomic mass is 9.98. The molecule has 0 unspecified atom stereocenters. The van der Waals surface area contributed by atoms with Crippen molar-refractivity contribution in [2.24, 2.45) is 0 Å². The number of thioether (sulfide) groups is 1. The minimum atomic E-state index is -1.81. The Hall–Kier alpha value is -1.79. The predicted octanol–water partition coefficient (Wildman–Crippen LogP) is -4.86. The van der Waals surface area contributed by atoms with E-state index in [-0.39, 0.29) is 11.4 Å². The highest BCUT2D eigenvalue weighted by Crippen LogP contribution is 2.39. The van der Waals surface area contributed by atoms with Gasteiger partial charge in [0.05, 0.1) is 36.1 Å². The average molecular weight is 642 g/mol. The highest BCUT2D eigenvalue weighted by Gasteiger charge is 2.53. The van der Waals surface area contributed by atoms with Crippen molar-refractivity contribution in [3.63, 3.8) is 0 Å². The van der Waals surface area contributed by atoms with Gasteiger partial charge in [0, 0.05) is 12.1 Å². The van der Waals surface area contributed by atoms with E-state index in [1.807, 2.05) is 0 Å². The van der Waals surface area contributed by atoms with Crippen LogP contribution in [0, 0.1) is 10.1 Å². The number of hydrogen-bond acceptors (Lipinski definition) is 18. The molecular formula is C24H35NO17S. The van der Waals surface area contributed by atoms with Crippen molar-refractivity contribution in [1.82, 2.24) is 0 Å². The number of nitro benzene ring substituents is 1. The summed E-state index contributed by atoms with van der Waals surface area (Å²) in [5, 5.41) is 113. The van der Waals surface area contributed by atoms with Crippen LogP contribution in [0.3, 0.4) is 0 Å². The van der Waals surface area contributed by atoms with Gasteiger partial charge in [-0.3, -0.25) is 10.1 Å². The summed E-state index contributed by atoms with van der Waals surface area (Å²) < 4.78 is 27.7. The van der Waals surface area contributed by atoms with Gasteiger partial charge in [-0.15, -0.1) is 11.8 Å². The predicted molar refractivity (Wildman–Crippen MR) is 139 cm³/mol. The zero-order valence-electron chi connectivity index (χ0n) is 22.3. The van der Waals surface area contributed by atoms with Gasteiger partial charge in [-0.25, -0.2) is 0 Å². The van der Waals surface area contributed by atoms with Crippen LogP contribution in [0.1, 0.15) is 0 Å². The van der Waals surface area contributed by atoms with Gasteiger partial charge in [0.25, 0.3) is 5.69 Å². The molecule has 0 amide bonds. The monoisotopic (exact) mass is 641 g/mol. The maximum absolute atomic E-state index is 11.1. The molecule has 3 saturated heterocycles. The fourth-order valence-corrected chi connectivity index (χ4v) is 6.37. The number of aliphatic hydroxyl groups excluding tert-OH is 10. The van der Waals surface area contributed by atoms with E-state index in [1.54, 1.807) is 0 Å². The molecule has 4 rings (SSSR count). The summed E-state index contributed by atoms with van der Waals surface area (Å²) in [6.45, 7) is -2.28. The van der Waals surface area contributed by atoms with E-state index in [9.17, 15) is 61.2 Å². The highest BCUT2D eigenvalue weighted by molar-refractivity contribution is 8.00. The van der Waals surface area contributed by atoms with Crippen LogP contribution in [0.5, 0.6) is 5.75 Å². The molecule has 0 aliphatic carbocycles. The van der Waals surface area contributed by atoms with Crippen LogP contribution in [0.4, 0.5) is 5.69 Å². The Morgan fingerprint density at radius 1 is 0.698 bits per heavy atom. The van der Waals surface area contributed by atoms with Gasteiger partial charge >= 0.3 is 0 Å². The first kappa shape index (κ1) is 34.1. The van der Waals surface area contributed by atoms with Gasteiger partial charge in [0.1, 0.15) is 72.2 Å². The van der Waals surface area contributed by atoms with Crippen LogP contribution < -0.4 is 4.74 Å². The van der Waals surface area contributed by atoms with E-state index in [2.05, 4.69) is 0 Å². The number of benzene rings is 1. The van der Waals surface area contributed by atoms with Crippen molar-refractivity contribution in [2.45, 2.75) is 90.4 Å². The second-order valence-corrected chi connectivity index (χ2v) is 11.5. The molecular weight excluding hydrogens is 606 g/mol. The molecule has 10 N–H and O–H groups in total. The van der Waals surface area contributed by atoms with Gasteiger partial charge in [0.2, 0.25) is 6.29 Å². The first-order valence-electron chi connectivity index (χ1n) is 13.2. The van der Waals surface area contributed by atoms with Crippen molar-refractivity contribution in [2.75, 3.05) is 19.8 Å². The van der Waals surface area contributed by atoms with Crippen molar-refractivity contribution in [1.29, 1.82) is 0 Å². The average Bonchev–Trinajstić information content (AvgIpc) is 2.99. The lowest BCUT2D eigenvalue weighted by Crippen LogP contribution is -2.65. The largest absolute Gasteiger partial charge is 0.462 e. The smallest absolute Gasteiger partial charge is 0.269 e. The molecule has 3 aliphatic heterocycles. The molecule has 1 aromatic carbocycles. The fourth-order valence-electron chi connectivity index (χ4n) is 4.91. The first-order chi connectivity index (χ1) is 20.4. The molecule has 0 spiro atoms. The van der Waals surface area contributed by atoms with Crippen molar-refractivity contribution in [3.05, 3.63) is 34.4 Å². The van der Waals surface area contributed by atoms with Crippen LogP contribution in [-0.2, 0) is 18.9 Å². The standard InChI is InChI=1S/C24H35NO17S/c26-5-10-13(29)16(32)17(33)24(41-10)43-21-15(31)12(7-28)40-23(19(21)35)42-20-14(30)11(6-27)39-22(18(20)34)38-9-3-1-8(2-4-9)25(36)37/h1-4,10-24,26-35H,5-7H2/t10-,11+,12-,13+,14-,15+,16+,17+,18-,19+,20-,21+,22+,23+,24+/m0/s1. The Morgan fingerprint density at radius 3 is 1.84 bits per heavy atom. The maximum atomic E-state index is 11.1. The summed E-state index contributed by atoms with van der Waals surface area (Å²) in [4.78, 5) is 10.3. The molecule has 244 valence electrons. The van der Waals surface area contributed by atoms with Crippen molar-refractivity contribution >= 4 is 17.4 Å². The first-order valence-corrected chi connectivity index (χ1v) is 14.1. The van der Waals surface area contributed by atoms with Crippen LogP contribution >= 0.6 is 11.8 Å². The number of non-ortho nitro benzene ring substituents is 1. The third-order valence-corrected chi connectivity index (χ3v) is 8.90. The molecule has 3 heterocycles. The van der Waals surface area contributed by atoms with E-state index < -0.39 is 115 Å². The summed E-state index contributed by atoms with van der Waals surface area (Å²) in [7, 11) is 0. The Labute approximate surface area is 247 Å². The molecule has 1 aromatic rings. The normalized spacial score (nSPS) is 43.7. The molecule has 19 heteroatoms. The summed E-state index contributed by atoms with van der Waals surface area (Å²) in [5.74, 6) is 0.0230. The Kier molecular flexibility index (Phi) is 11.5. The fraction of sp³-hybridized carbons (Fsp3) is 0.750. The van der Waals surface area contributed by atoms with Gasteiger partial charge in [-0.2, -0.15) is 0 Å². The minimum absolute atomic E-state index is 0.0230. The zero-order valence-corrected chi connectivity index (χ0v) is 23.1. The van der Waals surface area contributed by atoms with Gasteiger partial charge in [-0.05, 0) is 12.1 Å². The topological polar surface area (TPSA) is 292 Å². The quantitative estimate of drug-likeness (QED) is 0.0846. The molecule has 15 atom stereocenters. The second-order valence-electron chi connectivity index (χ2n) is 10.2. The summed E-state index contributed by atoms with van der Waals surface area (Å²) >= 11 is 0.600. The van der Waals surface area contributed by atoms with E-state index >= 15 is 0 Å². The summed E-state index contributed by atoms with van der Waals surface area (Å²) in [6, 6.07) is 4.73. The molecule has 0 saturated carbocycles. The Balaban J connectivity index is 1.52. The SMILES string of the molecule is O=[N+]([O-])c1ccc(O[C@@H]2O[C@H](CO)[C@H](O)[C@H](O[C@H]3O[C@@H](CO)[C@@H](O)[C@@H](S[C@H]4O[C@@H](CO)[C@@H](O)[C@@H](O)[C@H]4O)[C@H]3O)[C@@H]2O)cc1. The van der Waals surface area contributed by atoms with Crippen LogP contribution in [0.25, 0.3) is 0 Å². The van der Waals surface area contributed by atoms with Gasteiger partial charge in [0.15, 0.2) is 6.29 Å². The number of nitro groups is 1. The second kappa shape index (κ2) is 14.5. The molecule has 3 aliphatic rings. The van der Waals surface area contributed by atoms with Crippen LogP contribution in [0.2, 0.25) is 0 Å². The molecule has 18 nitrogen and oxygen atoms in total. The van der Waals surface area contributed by atoms with E-state index in [1.165, 1.54) is 12.1 Å². The van der Waals surface area contributed by atoms with Crippen molar-refractivity contribution < 1.29 is 79.7 Å². The van der Waals surface area contributed by atoms with Crippen LogP contribution in [-0.4, -0.2) is 166 Å². The summed E-state index contributed by atoms with van der Waals surface area (Å²) in [6.07, 6.45) is -21.1. The number of hydrogen-bond donors (Lipinski definition) is 10. The maximum Gasteiger partial charge on any atom is 0.269 e. The highest BCUT2D eigenvalue weighted by atomic mass is 32.2. The Bertz CT molecular complexity index is 1050. The third kappa shape index (κ3) is 7.21. The lowest BCUT2D eigenvalue weighted by Gasteiger charge is -2.48. The van der Waals surface area contributed by atoms with Crippen LogP contribution in [0.15, 0.2) is 24.3 Å². The third-order valence-electron chi connectivity index (χ3n) is 7.37. The minimum Gasteiger partial charge on any atom is -0.462 e. The molecule has 0 radical (unpaired) electrons. The zero-order chi connectivity index (χ0) is 31.6.